The first-order valence-electron chi connectivity index (χ1n) is 4.26. The smallest absolute Gasteiger partial charge is 0.391 e. The van der Waals surface area contributed by atoms with Crippen LogP contribution in [0, 0.1) is 20.2 Å². The van der Waals surface area contributed by atoms with E-state index in [1.165, 1.54) is 0 Å². The van der Waals surface area contributed by atoms with Crippen LogP contribution in [-0.4, -0.2) is 21.6 Å². The van der Waals surface area contributed by atoms with Gasteiger partial charge >= 0.3 is 11.4 Å². The number of aromatic hydroxyl groups is 1. The van der Waals surface area contributed by atoms with Crippen LogP contribution in [0.4, 0.5) is 11.4 Å². The summed E-state index contributed by atoms with van der Waals surface area (Å²) in [6.07, 6.45) is 0. The molecule has 8 heteroatoms. The van der Waals surface area contributed by atoms with Crippen molar-refractivity contribution < 1.29 is 19.7 Å². The second-order valence-corrected chi connectivity index (χ2v) is 2.73. The van der Waals surface area contributed by atoms with Crippen LogP contribution in [0.15, 0.2) is 12.1 Å². The molecule has 0 saturated heterocycles. The molecule has 0 atom stereocenters. The third kappa shape index (κ3) is 2.00. The van der Waals surface area contributed by atoms with E-state index in [1.54, 1.807) is 6.92 Å². The predicted octanol–water partition coefficient (Wildman–Crippen LogP) is 1.61. The van der Waals surface area contributed by atoms with Crippen LogP contribution in [0.25, 0.3) is 0 Å². The lowest BCUT2D eigenvalue weighted by atomic mass is 10.2. The maximum Gasteiger partial charge on any atom is 0.391 e. The van der Waals surface area contributed by atoms with Crippen molar-refractivity contribution in [3.05, 3.63) is 32.4 Å². The van der Waals surface area contributed by atoms with E-state index in [9.17, 15) is 25.3 Å². The van der Waals surface area contributed by atoms with E-state index >= 15 is 0 Å². The Labute approximate surface area is 89.4 Å². The SMILES string of the molecule is CCOc1ccc([N+](=O)[O-])c([N+](=O)[O-])c1O. The average Bonchev–Trinajstić information content (AvgIpc) is 2.20. The number of hydrogen-bond donors (Lipinski definition) is 1. The second-order valence-electron chi connectivity index (χ2n) is 2.73. The molecule has 0 aliphatic heterocycles. The van der Waals surface area contributed by atoms with E-state index in [1.807, 2.05) is 0 Å². The van der Waals surface area contributed by atoms with Crippen molar-refractivity contribution in [1.82, 2.24) is 0 Å². The molecule has 0 aromatic heterocycles. The topological polar surface area (TPSA) is 116 Å². The zero-order valence-corrected chi connectivity index (χ0v) is 8.24. The van der Waals surface area contributed by atoms with E-state index in [0.29, 0.717) is 0 Å². The van der Waals surface area contributed by atoms with Crippen LogP contribution in [-0.2, 0) is 0 Å². The van der Waals surface area contributed by atoms with Crippen LogP contribution >= 0.6 is 0 Å². The molecule has 0 bridgehead atoms. The molecule has 0 aliphatic rings. The average molecular weight is 228 g/mol. The Balaban J connectivity index is 3.41. The fourth-order valence-corrected chi connectivity index (χ4v) is 1.15. The van der Waals surface area contributed by atoms with Gasteiger partial charge in [0.25, 0.3) is 0 Å². The quantitative estimate of drug-likeness (QED) is 0.618. The van der Waals surface area contributed by atoms with E-state index in [-0.39, 0.29) is 12.4 Å². The van der Waals surface area contributed by atoms with Crippen molar-refractivity contribution in [2.45, 2.75) is 6.92 Å². The highest BCUT2D eigenvalue weighted by Gasteiger charge is 2.31. The maximum atomic E-state index is 10.6. The first-order valence-corrected chi connectivity index (χ1v) is 4.26. The van der Waals surface area contributed by atoms with Gasteiger partial charge in [-0.25, -0.2) is 0 Å². The largest absolute Gasteiger partial charge is 0.499 e. The van der Waals surface area contributed by atoms with Gasteiger partial charge in [-0.05, 0) is 13.0 Å². The van der Waals surface area contributed by atoms with Gasteiger partial charge in [-0.15, -0.1) is 0 Å². The van der Waals surface area contributed by atoms with Gasteiger partial charge in [-0.3, -0.25) is 20.2 Å². The molecule has 1 N–H and O–H groups in total. The van der Waals surface area contributed by atoms with Gasteiger partial charge in [-0.2, -0.15) is 0 Å². The fraction of sp³-hybridized carbons (Fsp3) is 0.250. The summed E-state index contributed by atoms with van der Waals surface area (Å²) in [6, 6.07) is 2.03. The summed E-state index contributed by atoms with van der Waals surface area (Å²) >= 11 is 0. The van der Waals surface area contributed by atoms with Gasteiger partial charge in [0, 0.05) is 6.07 Å². The van der Waals surface area contributed by atoms with Crippen molar-refractivity contribution >= 4 is 11.4 Å². The number of nitro groups is 2. The number of benzene rings is 1. The predicted molar refractivity (Wildman–Crippen MR) is 52.6 cm³/mol. The normalized spacial score (nSPS) is 9.81. The maximum absolute atomic E-state index is 10.6. The lowest BCUT2D eigenvalue weighted by Gasteiger charge is -2.05. The first kappa shape index (κ1) is 11.7. The van der Waals surface area contributed by atoms with Crippen molar-refractivity contribution in [1.29, 1.82) is 0 Å². The van der Waals surface area contributed by atoms with E-state index < -0.39 is 27.0 Å². The molecular formula is C8H8N2O6. The minimum atomic E-state index is -1.02. The number of phenols is 1. The molecule has 8 nitrogen and oxygen atoms in total. The Morgan fingerprint density at radius 3 is 2.38 bits per heavy atom. The van der Waals surface area contributed by atoms with Gasteiger partial charge in [0.2, 0.25) is 5.75 Å². The minimum absolute atomic E-state index is 0.153. The molecule has 0 heterocycles. The van der Waals surface area contributed by atoms with Gasteiger partial charge < -0.3 is 9.84 Å². The fourth-order valence-electron chi connectivity index (χ4n) is 1.15. The number of ether oxygens (including phenoxy) is 1. The third-order valence-corrected chi connectivity index (χ3v) is 1.77. The molecule has 16 heavy (non-hydrogen) atoms. The zero-order chi connectivity index (χ0) is 12.3. The van der Waals surface area contributed by atoms with Gasteiger partial charge in [0.05, 0.1) is 16.5 Å². The van der Waals surface area contributed by atoms with Gasteiger partial charge in [0.15, 0.2) is 5.75 Å². The molecule has 1 rings (SSSR count). The molecular weight excluding hydrogens is 220 g/mol. The molecule has 0 radical (unpaired) electrons. The standard InChI is InChI=1S/C8H8N2O6/c1-2-16-6-4-3-5(9(12)13)7(8(6)11)10(14)15/h3-4,11H,2H2,1H3. The van der Waals surface area contributed by atoms with Crippen molar-refractivity contribution in [2.75, 3.05) is 6.61 Å². The zero-order valence-electron chi connectivity index (χ0n) is 8.24. The van der Waals surface area contributed by atoms with Crippen LogP contribution in [0.1, 0.15) is 6.92 Å². The summed E-state index contributed by atoms with van der Waals surface area (Å²) in [4.78, 5) is 19.1. The van der Waals surface area contributed by atoms with Crippen LogP contribution in [0.3, 0.4) is 0 Å². The third-order valence-electron chi connectivity index (χ3n) is 1.77. The summed E-state index contributed by atoms with van der Waals surface area (Å²) in [5.74, 6) is -0.985. The highest BCUT2D eigenvalue weighted by Crippen LogP contribution is 2.42. The molecule has 0 saturated carbocycles. The molecule has 86 valence electrons. The minimum Gasteiger partial charge on any atom is -0.499 e. The van der Waals surface area contributed by atoms with Crippen LogP contribution in [0.2, 0.25) is 0 Å². The second kappa shape index (κ2) is 4.43. The van der Waals surface area contributed by atoms with E-state index in [4.69, 9.17) is 4.74 Å². The van der Waals surface area contributed by atoms with Gasteiger partial charge in [-0.1, -0.05) is 0 Å². The lowest BCUT2D eigenvalue weighted by Crippen LogP contribution is -1.99. The van der Waals surface area contributed by atoms with Crippen molar-refractivity contribution in [2.24, 2.45) is 0 Å². The number of hydrogen-bond acceptors (Lipinski definition) is 6. The number of rotatable bonds is 4. The molecule has 0 aliphatic carbocycles. The molecule has 0 fully saturated rings. The Bertz CT molecular complexity index is 444. The molecule has 1 aromatic carbocycles. The monoisotopic (exact) mass is 228 g/mol. The summed E-state index contributed by atoms with van der Waals surface area (Å²) in [6.45, 7) is 1.80. The number of phenolic OH excluding ortho intramolecular Hbond substituents is 1. The molecule has 0 amide bonds. The highest BCUT2D eigenvalue weighted by molar-refractivity contribution is 5.66. The van der Waals surface area contributed by atoms with Gasteiger partial charge in [0.1, 0.15) is 0 Å². The Morgan fingerprint density at radius 2 is 1.94 bits per heavy atom. The van der Waals surface area contributed by atoms with Crippen molar-refractivity contribution in [3.63, 3.8) is 0 Å². The van der Waals surface area contributed by atoms with Crippen molar-refractivity contribution in [3.8, 4) is 11.5 Å². The van der Waals surface area contributed by atoms with E-state index in [2.05, 4.69) is 0 Å². The molecule has 0 spiro atoms. The van der Waals surface area contributed by atoms with Crippen LogP contribution < -0.4 is 4.74 Å². The highest BCUT2D eigenvalue weighted by atomic mass is 16.6. The number of nitro benzene ring substituents is 2. The summed E-state index contributed by atoms with van der Waals surface area (Å²) in [7, 11) is 0. The Hall–Kier alpha value is -2.38. The molecule has 0 unspecified atom stereocenters. The summed E-state index contributed by atoms with van der Waals surface area (Å²) in [5.41, 5.74) is -1.73. The number of nitrogens with zero attached hydrogens (tertiary/aromatic N) is 2. The Morgan fingerprint density at radius 1 is 1.31 bits per heavy atom. The van der Waals surface area contributed by atoms with E-state index in [0.717, 1.165) is 12.1 Å². The Kier molecular flexibility index (Phi) is 3.24. The lowest BCUT2D eigenvalue weighted by molar-refractivity contribution is -0.423. The molecule has 1 aromatic rings. The summed E-state index contributed by atoms with van der Waals surface area (Å²) in [5, 5.41) is 30.5. The van der Waals surface area contributed by atoms with Crippen LogP contribution in [0.5, 0.6) is 11.5 Å². The summed E-state index contributed by atoms with van der Waals surface area (Å²) < 4.78 is 4.89. The first-order chi connectivity index (χ1) is 7.49.